The summed E-state index contributed by atoms with van der Waals surface area (Å²) in [5, 5.41) is 20.5. The third-order valence-electron chi connectivity index (χ3n) is 5.07. The molecule has 1 fully saturated rings. The molecule has 0 unspecified atom stereocenters. The van der Waals surface area contributed by atoms with Gasteiger partial charge in [0.1, 0.15) is 0 Å². The summed E-state index contributed by atoms with van der Waals surface area (Å²) in [6.07, 6.45) is 3.99. The van der Waals surface area contributed by atoms with E-state index in [2.05, 4.69) is 16.8 Å². The topological polar surface area (TPSA) is 58.2 Å². The molecule has 0 spiro atoms. The quantitative estimate of drug-likeness (QED) is 0.505. The standard InChI is InChI=1S/C21H19ClN2O2.2C2H6/c22-20-16(13-25)4-5-18-19(15-3-1-2-14(10-15)11-23)12-24(21(18)20)17-6-8-26-9-7-17;2*1-2/h1-5,10,12,17,25H,6-9,13H2;2*1-2H3. The first kappa shape index (κ1) is 24.0. The number of benzene rings is 2. The molecule has 0 bridgehead atoms. The normalized spacial score (nSPS) is 13.6. The van der Waals surface area contributed by atoms with Gasteiger partial charge in [-0.05, 0) is 36.1 Å². The summed E-state index contributed by atoms with van der Waals surface area (Å²) in [5.74, 6) is 0. The van der Waals surface area contributed by atoms with E-state index in [0.717, 1.165) is 53.6 Å². The van der Waals surface area contributed by atoms with Gasteiger partial charge in [-0.3, -0.25) is 0 Å². The van der Waals surface area contributed by atoms with Gasteiger partial charge in [0, 0.05) is 36.4 Å². The summed E-state index contributed by atoms with van der Waals surface area (Å²) in [6.45, 7) is 9.38. The molecule has 0 aliphatic carbocycles. The van der Waals surface area contributed by atoms with E-state index in [-0.39, 0.29) is 6.61 Å². The number of aliphatic hydroxyl groups is 1. The number of hydrogen-bond donors (Lipinski definition) is 1. The lowest BCUT2D eigenvalue weighted by Crippen LogP contribution is -2.19. The molecule has 2 heterocycles. The minimum absolute atomic E-state index is 0.0903. The Hall–Kier alpha value is -2.32. The predicted molar refractivity (Wildman–Crippen MR) is 125 cm³/mol. The van der Waals surface area contributed by atoms with Gasteiger partial charge in [0.15, 0.2) is 0 Å². The third-order valence-corrected chi connectivity index (χ3v) is 5.49. The molecule has 1 aromatic heterocycles. The zero-order chi connectivity index (χ0) is 22.1. The molecule has 0 amide bonds. The van der Waals surface area contributed by atoms with Crippen LogP contribution < -0.4 is 0 Å². The fourth-order valence-corrected chi connectivity index (χ4v) is 4.03. The van der Waals surface area contributed by atoms with Crippen LogP contribution in [-0.2, 0) is 11.3 Å². The van der Waals surface area contributed by atoms with Crippen LogP contribution in [0.5, 0.6) is 0 Å². The molecule has 2 aromatic carbocycles. The summed E-state index contributed by atoms with van der Waals surface area (Å²) in [4.78, 5) is 0. The molecule has 1 aliphatic heterocycles. The summed E-state index contributed by atoms with van der Waals surface area (Å²) >= 11 is 6.66. The summed E-state index contributed by atoms with van der Waals surface area (Å²) in [6, 6.07) is 14.0. The van der Waals surface area contributed by atoms with Gasteiger partial charge in [0.2, 0.25) is 0 Å². The lowest BCUT2D eigenvalue weighted by atomic mass is 10.0. The molecule has 30 heavy (non-hydrogen) atoms. The Morgan fingerprint density at radius 3 is 2.47 bits per heavy atom. The number of fused-ring (bicyclic) bond motifs is 1. The first-order valence-electron chi connectivity index (χ1n) is 10.7. The van der Waals surface area contributed by atoms with Crippen LogP contribution in [0, 0.1) is 11.3 Å². The smallest absolute Gasteiger partial charge is 0.0991 e. The Morgan fingerprint density at radius 2 is 1.83 bits per heavy atom. The number of hydrogen-bond acceptors (Lipinski definition) is 3. The van der Waals surface area contributed by atoms with Crippen molar-refractivity contribution in [1.29, 1.82) is 5.26 Å². The van der Waals surface area contributed by atoms with Crippen LogP contribution in [0.3, 0.4) is 0 Å². The highest BCUT2D eigenvalue weighted by molar-refractivity contribution is 6.36. The lowest BCUT2D eigenvalue weighted by molar-refractivity contribution is 0.0707. The Balaban J connectivity index is 0.000000757. The first-order chi connectivity index (χ1) is 14.7. The van der Waals surface area contributed by atoms with Gasteiger partial charge < -0.3 is 14.4 Å². The van der Waals surface area contributed by atoms with Crippen molar-refractivity contribution < 1.29 is 9.84 Å². The molecule has 1 saturated heterocycles. The second kappa shape index (κ2) is 11.8. The Morgan fingerprint density at radius 1 is 1.13 bits per heavy atom. The maximum absolute atomic E-state index is 9.62. The zero-order valence-electron chi connectivity index (χ0n) is 18.3. The molecule has 3 aromatic rings. The second-order valence-corrected chi connectivity index (χ2v) is 6.96. The fraction of sp³-hybridized carbons (Fsp3) is 0.400. The molecule has 0 atom stereocenters. The van der Waals surface area contributed by atoms with Crippen LogP contribution in [0.4, 0.5) is 0 Å². The largest absolute Gasteiger partial charge is 0.392 e. The monoisotopic (exact) mass is 426 g/mol. The Labute approximate surface area is 184 Å². The van der Waals surface area contributed by atoms with Crippen molar-refractivity contribution in [2.24, 2.45) is 0 Å². The SMILES string of the molecule is CC.CC.N#Cc1cccc(-c2cn(C3CCOCC3)c3c(Cl)c(CO)ccc23)c1. The minimum atomic E-state index is -0.0903. The summed E-state index contributed by atoms with van der Waals surface area (Å²) in [7, 11) is 0. The van der Waals surface area contributed by atoms with Gasteiger partial charge in [-0.15, -0.1) is 0 Å². The first-order valence-corrected chi connectivity index (χ1v) is 11.1. The van der Waals surface area contributed by atoms with Crippen LogP contribution in [-0.4, -0.2) is 22.9 Å². The van der Waals surface area contributed by atoms with Gasteiger partial charge in [0.05, 0.1) is 28.8 Å². The Kier molecular flexibility index (Phi) is 9.39. The van der Waals surface area contributed by atoms with Crippen molar-refractivity contribution in [2.75, 3.05) is 13.2 Å². The van der Waals surface area contributed by atoms with Gasteiger partial charge in [0.25, 0.3) is 0 Å². The number of nitrogens with zero attached hydrogens (tertiary/aromatic N) is 2. The molecular formula is C25H31ClN2O2. The van der Waals surface area contributed by atoms with Crippen molar-refractivity contribution in [3.63, 3.8) is 0 Å². The van der Waals surface area contributed by atoms with E-state index >= 15 is 0 Å². The second-order valence-electron chi connectivity index (χ2n) is 6.58. The van der Waals surface area contributed by atoms with Crippen LogP contribution >= 0.6 is 11.6 Å². The van der Waals surface area contributed by atoms with Crippen molar-refractivity contribution in [1.82, 2.24) is 4.57 Å². The van der Waals surface area contributed by atoms with Crippen LogP contribution in [0.2, 0.25) is 5.02 Å². The van der Waals surface area contributed by atoms with E-state index < -0.39 is 0 Å². The molecule has 1 N–H and O–H groups in total. The molecular weight excluding hydrogens is 396 g/mol. The van der Waals surface area contributed by atoms with E-state index in [9.17, 15) is 10.4 Å². The van der Waals surface area contributed by atoms with E-state index in [4.69, 9.17) is 16.3 Å². The number of rotatable bonds is 3. The van der Waals surface area contributed by atoms with Gasteiger partial charge in [-0.25, -0.2) is 0 Å². The molecule has 1 aliphatic rings. The molecule has 0 radical (unpaired) electrons. The summed E-state index contributed by atoms with van der Waals surface area (Å²) in [5.41, 5.74) is 4.35. The summed E-state index contributed by atoms with van der Waals surface area (Å²) < 4.78 is 7.74. The number of aromatic nitrogens is 1. The molecule has 5 heteroatoms. The van der Waals surface area contributed by atoms with Crippen LogP contribution in [0.15, 0.2) is 42.6 Å². The van der Waals surface area contributed by atoms with Crippen molar-refractivity contribution >= 4 is 22.5 Å². The van der Waals surface area contributed by atoms with Gasteiger partial charge >= 0.3 is 0 Å². The predicted octanol–water partition coefficient (Wildman–Crippen LogP) is 6.73. The number of nitriles is 1. The Bertz CT molecular complexity index is 998. The highest BCUT2D eigenvalue weighted by Crippen LogP contribution is 2.39. The van der Waals surface area contributed by atoms with E-state index in [1.165, 1.54) is 0 Å². The van der Waals surface area contributed by atoms with Crippen LogP contribution in [0.25, 0.3) is 22.0 Å². The molecule has 4 rings (SSSR count). The number of halogens is 1. The van der Waals surface area contributed by atoms with E-state index in [1.54, 1.807) is 6.07 Å². The minimum Gasteiger partial charge on any atom is -0.392 e. The average Bonchev–Trinajstić information content (AvgIpc) is 3.23. The van der Waals surface area contributed by atoms with Gasteiger partial charge in [-0.2, -0.15) is 5.26 Å². The number of aliphatic hydroxyl groups excluding tert-OH is 1. The average molecular weight is 427 g/mol. The maximum Gasteiger partial charge on any atom is 0.0991 e. The van der Waals surface area contributed by atoms with Crippen molar-refractivity contribution in [3.05, 3.63) is 58.7 Å². The fourth-order valence-electron chi connectivity index (χ4n) is 3.71. The molecule has 4 nitrogen and oxygen atoms in total. The van der Waals surface area contributed by atoms with Crippen molar-refractivity contribution in [3.8, 4) is 17.2 Å². The lowest BCUT2D eigenvalue weighted by Gasteiger charge is -2.25. The van der Waals surface area contributed by atoms with E-state index in [0.29, 0.717) is 16.6 Å². The molecule has 160 valence electrons. The van der Waals surface area contributed by atoms with Crippen molar-refractivity contribution in [2.45, 2.75) is 53.2 Å². The van der Waals surface area contributed by atoms with Crippen LogP contribution in [0.1, 0.15) is 57.7 Å². The highest BCUT2D eigenvalue weighted by Gasteiger charge is 2.22. The third kappa shape index (κ3) is 4.87. The van der Waals surface area contributed by atoms with Gasteiger partial charge in [-0.1, -0.05) is 63.6 Å². The molecule has 0 saturated carbocycles. The zero-order valence-corrected chi connectivity index (χ0v) is 19.0. The highest BCUT2D eigenvalue weighted by atomic mass is 35.5. The van der Waals surface area contributed by atoms with E-state index in [1.807, 2.05) is 58.0 Å². The number of ether oxygens (including phenoxy) is 1. The maximum atomic E-state index is 9.62.